The maximum atomic E-state index is 5.91. The minimum atomic E-state index is 0.718. The van der Waals surface area contributed by atoms with E-state index in [-0.39, 0.29) is 0 Å². The minimum absolute atomic E-state index is 0.718. The minimum Gasteiger partial charge on any atom is -0.457 e. The second kappa shape index (κ2) is 5.45. The highest BCUT2D eigenvalue weighted by molar-refractivity contribution is 5.59. The molecule has 3 heteroatoms. The Hall–Kier alpha value is -2.16. The van der Waals surface area contributed by atoms with Gasteiger partial charge in [0.2, 0.25) is 0 Å². The number of nitrogens with two attached hydrogens (primary N) is 1. The molecule has 0 radical (unpaired) electrons. The smallest absolute Gasteiger partial charge is 0.129 e. The van der Waals surface area contributed by atoms with Crippen LogP contribution in [0.2, 0.25) is 0 Å². The van der Waals surface area contributed by atoms with Crippen molar-refractivity contribution in [2.45, 2.75) is 19.8 Å². The van der Waals surface area contributed by atoms with E-state index in [2.05, 4.69) is 24.0 Å². The first-order chi connectivity index (χ1) is 9.76. The van der Waals surface area contributed by atoms with Gasteiger partial charge < -0.3 is 15.4 Å². The molecule has 1 aliphatic heterocycles. The van der Waals surface area contributed by atoms with Crippen molar-refractivity contribution in [3.05, 3.63) is 48.0 Å². The Morgan fingerprint density at radius 1 is 1.15 bits per heavy atom. The van der Waals surface area contributed by atoms with E-state index < -0.39 is 0 Å². The SMILES string of the molecule is CCN1CCCc2ccc(Oc3cccc(N)c3)cc21. The average molecular weight is 268 g/mol. The molecule has 0 unspecified atom stereocenters. The van der Waals surface area contributed by atoms with Crippen LogP contribution in [-0.2, 0) is 6.42 Å². The number of nitrogens with zero attached hydrogens (tertiary/aromatic N) is 1. The van der Waals surface area contributed by atoms with Gasteiger partial charge in [-0.25, -0.2) is 0 Å². The largest absolute Gasteiger partial charge is 0.457 e. The molecule has 0 atom stereocenters. The lowest BCUT2D eigenvalue weighted by atomic mass is 10.0. The van der Waals surface area contributed by atoms with Gasteiger partial charge in [-0.05, 0) is 43.5 Å². The van der Waals surface area contributed by atoms with Gasteiger partial charge in [0.1, 0.15) is 11.5 Å². The van der Waals surface area contributed by atoms with E-state index >= 15 is 0 Å². The highest BCUT2D eigenvalue weighted by Gasteiger charge is 2.16. The first kappa shape index (κ1) is 12.9. The van der Waals surface area contributed by atoms with Crippen LogP contribution in [0.1, 0.15) is 18.9 Å². The second-order valence-corrected chi connectivity index (χ2v) is 5.15. The van der Waals surface area contributed by atoms with Crippen LogP contribution >= 0.6 is 0 Å². The van der Waals surface area contributed by atoms with Gasteiger partial charge in [-0.1, -0.05) is 12.1 Å². The van der Waals surface area contributed by atoms with Gasteiger partial charge in [-0.15, -0.1) is 0 Å². The first-order valence-corrected chi connectivity index (χ1v) is 7.17. The Balaban J connectivity index is 1.88. The van der Waals surface area contributed by atoms with Crippen molar-refractivity contribution in [3.63, 3.8) is 0 Å². The Morgan fingerprint density at radius 2 is 2.00 bits per heavy atom. The summed E-state index contributed by atoms with van der Waals surface area (Å²) in [6, 6.07) is 13.9. The molecule has 2 N–H and O–H groups in total. The predicted molar refractivity (Wildman–Crippen MR) is 83.6 cm³/mol. The molecule has 0 saturated carbocycles. The van der Waals surface area contributed by atoms with Crippen LogP contribution in [0.4, 0.5) is 11.4 Å². The number of anilines is 2. The molecule has 1 aliphatic rings. The van der Waals surface area contributed by atoms with E-state index in [9.17, 15) is 0 Å². The molecule has 3 rings (SSSR count). The second-order valence-electron chi connectivity index (χ2n) is 5.15. The summed E-state index contributed by atoms with van der Waals surface area (Å²) < 4.78 is 5.91. The maximum Gasteiger partial charge on any atom is 0.129 e. The van der Waals surface area contributed by atoms with Crippen molar-refractivity contribution in [1.29, 1.82) is 0 Å². The normalized spacial score (nSPS) is 13.9. The number of nitrogen functional groups attached to an aromatic ring is 1. The van der Waals surface area contributed by atoms with Crippen molar-refractivity contribution >= 4 is 11.4 Å². The zero-order chi connectivity index (χ0) is 13.9. The van der Waals surface area contributed by atoms with Gasteiger partial charge in [0, 0.05) is 36.6 Å². The Kier molecular flexibility index (Phi) is 3.50. The molecule has 0 aromatic heterocycles. The molecule has 20 heavy (non-hydrogen) atoms. The van der Waals surface area contributed by atoms with Crippen molar-refractivity contribution in [2.24, 2.45) is 0 Å². The first-order valence-electron chi connectivity index (χ1n) is 7.17. The monoisotopic (exact) mass is 268 g/mol. The van der Waals surface area contributed by atoms with Crippen molar-refractivity contribution in [2.75, 3.05) is 23.7 Å². The van der Waals surface area contributed by atoms with Crippen LogP contribution in [0.3, 0.4) is 0 Å². The van der Waals surface area contributed by atoms with E-state index in [1.807, 2.05) is 30.3 Å². The third-order valence-electron chi connectivity index (χ3n) is 3.75. The molecule has 0 fully saturated rings. The summed E-state index contributed by atoms with van der Waals surface area (Å²) in [6.45, 7) is 4.36. The van der Waals surface area contributed by atoms with E-state index in [1.54, 1.807) is 0 Å². The number of hydrogen-bond donors (Lipinski definition) is 1. The molecule has 1 heterocycles. The number of benzene rings is 2. The van der Waals surface area contributed by atoms with E-state index in [1.165, 1.54) is 17.7 Å². The van der Waals surface area contributed by atoms with E-state index in [0.717, 1.165) is 36.7 Å². The fourth-order valence-corrected chi connectivity index (χ4v) is 2.74. The summed E-state index contributed by atoms with van der Waals surface area (Å²) >= 11 is 0. The van der Waals surface area contributed by atoms with Crippen molar-refractivity contribution < 1.29 is 4.74 Å². The van der Waals surface area contributed by atoms with Crippen LogP contribution < -0.4 is 15.4 Å². The Morgan fingerprint density at radius 3 is 2.80 bits per heavy atom. The Labute approximate surface area is 120 Å². The Bertz CT molecular complexity index is 610. The molecular formula is C17H20N2O. The summed E-state index contributed by atoms with van der Waals surface area (Å²) in [7, 11) is 0. The molecule has 0 saturated heterocycles. The van der Waals surface area contributed by atoms with Gasteiger partial charge in [0.25, 0.3) is 0 Å². The molecule has 3 nitrogen and oxygen atoms in total. The highest BCUT2D eigenvalue weighted by Crippen LogP contribution is 2.33. The fraction of sp³-hybridized carbons (Fsp3) is 0.294. The van der Waals surface area contributed by atoms with E-state index in [4.69, 9.17) is 10.5 Å². The fourth-order valence-electron chi connectivity index (χ4n) is 2.74. The zero-order valence-electron chi connectivity index (χ0n) is 11.8. The molecule has 0 aliphatic carbocycles. The maximum absolute atomic E-state index is 5.91. The number of rotatable bonds is 3. The number of aryl methyl sites for hydroxylation is 1. The highest BCUT2D eigenvalue weighted by atomic mass is 16.5. The standard InChI is InChI=1S/C17H20N2O/c1-2-19-10-4-5-13-8-9-16(12-17(13)19)20-15-7-3-6-14(18)11-15/h3,6-9,11-12H,2,4-5,10,18H2,1H3. The molecular weight excluding hydrogens is 248 g/mol. The van der Waals surface area contributed by atoms with Crippen LogP contribution in [-0.4, -0.2) is 13.1 Å². The lowest BCUT2D eigenvalue weighted by Crippen LogP contribution is -2.28. The lowest BCUT2D eigenvalue weighted by Gasteiger charge is -2.30. The summed E-state index contributed by atoms with van der Waals surface area (Å²) in [4.78, 5) is 2.41. The third kappa shape index (κ3) is 2.57. The number of ether oxygens (including phenoxy) is 1. The van der Waals surface area contributed by atoms with Gasteiger partial charge in [0.15, 0.2) is 0 Å². The van der Waals surface area contributed by atoms with Crippen molar-refractivity contribution in [1.82, 2.24) is 0 Å². The topological polar surface area (TPSA) is 38.5 Å². The predicted octanol–water partition coefficient (Wildman–Crippen LogP) is 3.83. The summed E-state index contributed by atoms with van der Waals surface area (Å²) in [5.74, 6) is 1.65. The van der Waals surface area contributed by atoms with Gasteiger partial charge >= 0.3 is 0 Å². The van der Waals surface area contributed by atoms with Crippen LogP contribution in [0.25, 0.3) is 0 Å². The number of fused-ring (bicyclic) bond motifs is 1. The quantitative estimate of drug-likeness (QED) is 0.860. The molecule has 0 bridgehead atoms. The summed E-state index contributed by atoms with van der Waals surface area (Å²) in [5.41, 5.74) is 9.22. The molecule has 2 aromatic carbocycles. The van der Waals surface area contributed by atoms with Gasteiger partial charge in [-0.2, -0.15) is 0 Å². The van der Waals surface area contributed by atoms with Crippen LogP contribution in [0.5, 0.6) is 11.5 Å². The van der Waals surface area contributed by atoms with Crippen LogP contribution in [0, 0.1) is 0 Å². The van der Waals surface area contributed by atoms with Crippen molar-refractivity contribution in [3.8, 4) is 11.5 Å². The number of hydrogen-bond acceptors (Lipinski definition) is 3. The third-order valence-corrected chi connectivity index (χ3v) is 3.75. The molecule has 2 aromatic rings. The van der Waals surface area contributed by atoms with Gasteiger partial charge in [-0.3, -0.25) is 0 Å². The van der Waals surface area contributed by atoms with Crippen LogP contribution in [0.15, 0.2) is 42.5 Å². The van der Waals surface area contributed by atoms with Gasteiger partial charge in [0.05, 0.1) is 0 Å². The average Bonchev–Trinajstić information content (AvgIpc) is 2.46. The zero-order valence-corrected chi connectivity index (χ0v) is 11.8. The summed E-state index contributed by atoms with van der Waals surface area (Å²) in [6.07, 6.45) is 2.39. The van der Waals surface area contributed by atoms with E-state index in [0.29, 0.717) is 0 Å². The molecule has 0 amide bonds. The lowest BCUT2D eigenvalue weighted by molar-refractivity contribution is 0.482. The summed E-state index contributed by atoms with van der Waals surface area (Å²) in [5, 5.41) is 0. The molecule has 0 spiro atoms. The molecule has 104 valence electrons.